The number of nitrogens with zero attached hydrogens (tertiary/aromatic N) is 2. The molecule has 3 atom stereocenters. The fourth-order valence-corrected chi connectivity index (χ4v) is 2.99. The topological polar surface area (TPSA) is 41.3 Å². The fourth-order valence-electron chi connectivity index (χ4n) is 2.99. The van der Waals surface area contributed by atoms with Gasteiger partial charge >= 0.3 is 0 Å². The Bertz CT molecular complexity index is 390. The summed E-state index contributed by atoms with van der Waals surface area (Å²) in [5.74, 6) is 1.75. The molecule has 1 aliphatic heterocycles. The van der Waals surface area contributed by atoms with Crippen molar-refractivity contribution in [1.82, 2.24) is 15.2 Å². The summed E-state index contributed by atoms with van der Waals surface area (Å²) in [6, 6.07) is 1.45. The number of oxazole rings is 1. The zero-order chi connectivity index (χ0) is 13.8. The van der Waals surface area contributed by atoms with E-state index >= 15 is 0 Å². The van der Waals surface area contributed by atoms with Gasteiger partial charge in [0.25, 0.3) is 0 Å². The minimum absolute atomic E-state index is 0.264. The molecule has 0 aromatic carbocycles. The molecule has 0 bridgehead atoms. The van der Waals surface area contributed by atoms with E-state index in [0.717, 1.165) is 31.2 Å². The number of aryl methyl sites for hydroxylation is 1. The van der Waals surface area contributed by atoms with Crippen molar-refractivity contribution in [3.8, 4) is 0 Å². The summed E-state index contributed by atoms with van der Waals surface area (Å²) >= 11 is 0. The Hall–Kier alpha value is -0.870. The summed E-state index contributed by atoms with van der Waals surface area (Å²) < 4.78 is 5.71. The van der Waals surface area contributed by atoms with Crippen LogP contribution >= 0.6 is 0 Å². The summed E-state index contributed by atoms with van der Waals surface area (Å²) in [6.45, 7) is 10.8. The van der Waals surface area contributed by atoms with Crippen LogP contribution in [0.15, 0.2) is 10.6 Å². The maximum absolute atomic E-state index is 5.71. The lowest BCUT2D eigenvalue weighted by molar-refractivity contribution is 0.0707. The van der Waals surface area contributed by atoms with Gasteiger partial charge in [-0.25, -0.2) is 4.98 Å². The SMILES string of the molecule is CCCC1CN(C(C)c2ncc(C)o2)C(CC)CN1. The van der Waals surface area contributed by atoms with Gasteiger partial charge in [0, 0.05) is 25.2 Å². The Morgan fingerprint density at radius 2 is 2.32 bits per heavy atom. The van der Waals surface area contributed by atoms with Crippen LogP contribution in [-0.4, -0.2) is 35.1 Å². The molecule has 4 heteroatoms. The third kappa shape index (κ3) is 3.37. The van der Waals surface area contributed by atoms with Crippen LogP contribution in [-0.2, 0) is 0 Å². The largest absolute Gasteiger partial charge is 0.444 e. The number of rotatable bonds is 5. The smallest absolute Gasteiger partial charge is 0.211 e. The Kier molecular flexibility index (Phi) is 4.99. The van der Waals surface area contributed by atoms with Crippen LogP contribution in [0.2, 0.25) is 0 Å². The van der Waals surface area contributed by atoms with Gasteiger partial charge in [0.2, 0.25) is 5.89 Å². The first-order chi connectivity index (χ1) is 9.15. The molecule has 4 nitrogen and oxygen atoms in total. The molecule has 2 rings (SSSR count). The van der Waals surface area contributed by atoms with Crippen molar-refractivity contribution in [2.24, 2.45) is 0 Å². The highest BCUT2D eigenvalue weighted by Gasteiger charge is 2.32. The highest BCUT2D eigenvalue weighted by atomic mass is 16.4. The maximum Gasteiger partial charge on any atom is 0.211 e. The zero-order valence-electron chi connectivity index (χ0n) is 12.6. The number of piperazine rings is 1. The van der Waals surface area contributed by atoms with Crippen LogP contribution in [0.3, 0.4) is 0 Å². The zero-order valence-corrected chi connectivity index (χ0v) is 12.6. The van der Waals surface area contributed by atoms with Gasteiger partial charge in [-0.2, -0.15) is 0 Å². The van der Waals surface area contributed by atoms with E-state index in [1.165, 1.54) is 12.8 Å². The Balaban J connectivity index is 2.08. The minimum Gasteiger partial charge on any atom is -0.444 e. The number of aromatic nitrogens is 1. The van der Waals surface area contributed by atoms with Gasteiger partial charge in [-0.3, -0.25) is 4.90 Å². The third-order valence-corrected chi connectivity index (χ3v) is 4.14. The van der Waals surface area contributed by atoms with Crippen molar-refractivity contribution in [3.63, 3.8) is 0 Å². The van der Waals surface area contributed by atoms with E-state index < -0.39 is 0 Å². The predicted octanol–water partition coefficient (Wildman–Crippen LogP) is 2.90. The van der Waals surface area contributed by atoms with Crippen molar-refractivity contribution in [1.29, 1.82) is 0 Å². The van der Waals surface area contributed by atoms with Crippen LogP contribution < -0.4 is 5.32 Å². The Labute approximate surface area is 116 Å². The van der Waals surface area contributed by atoms with Crippen molar-refractivity contribution in [2.75, 3.05) is 13.1 Å². The van der Waals surface area contributed by atoms with Crippen LogP contribution in [0, 0.1) is 6.92 Å². The lowest BCUT2D eigenvalue weighted by Gasteiger charge is -2.42. The molecule has 3 unspecified atom stereocenters. The first kappa shape index (κ1) is 14.5. The highest BCUT2D eigenvalue weighted by Crippen LogP contribution is 2.26. The average Bonchev–Trinajstić information content (AvgIpc) is 2.85. The van der Waals surface area contributed by atoms with E-state index in [0.29, 0.717) is 12.1 Å². The fraction of sp³-hybridized carbons (Fsp3) is 0.800. The molecule has 1 aliphatic rings. The van der Waals surface area contributed by atoms with E-state index in [1.54, 1.807) is 0 Å². The van der Waals surface area contributed by atoms with Gasteiger partial charge in [0.05, 0.1) is 12.2 Å². The molecule has 1 fully saturated rings. The third-order valence-electron chi connectivity index (χ3n) is 4.14. The second-order valence-corrected chi connectivity index (χ2v) is 5.64. The maximum atomic E-state index is 5.71. The lowest BCUT2D eigenvalue weighted by Crippen LogP contribution is -2.56. The number of nitrogens with one attached hydrogen (secondary N) is 1. The molecule has 108 valence electrons. The molecular weight excluding hydrogens is 238 g/mol. The molecule has 1 N–H and O–H groups in total. The normalized spacial score (nSPS) is 26.5. The number of hydrogen-bond acceptors (Lipinski definition) is 4. The average molecular weight is 265 g/mol. The summed E-state index contributed by atoms with van der Waals surface area (Å²) in [5, 5.41) is 3.67. The van der Waals surface area contributed by atoms with Crippen LogP contribution in [0.25, 0.3) is 0 Å². The van der Waals surface area contributed by atoms with Crippen molar-refractivity contribution < 1.29 is 4.42 Å². The first-order valence-electron chi connectivity index (χ1n) is 7.57. The number of hydrogen-bond donors (Lipinski definition) is 1. The molecule has 0 aliphatic carbocycles. The molecule has 0 amide bonds. The van der Waals surface area contributed by atoms with Crippen LogP contribution in [0.1, 0.15) is 57.7 Å². The molecule has 0 radical (unpaired) electrons. The van der Waals surface area contributed by atoms with Crippen molar-refractivity contribution >= 4 is 0 Å². The summed E-state index contributed by atoms with van der Waals surface area (Å²) in [5.41, 5.74) is 0. The molecule has 1 saturated heterocycles. The van der Waals surface area contributed by atoms with E-state index in [-0.39, 0.29) is 6.04 Å². The summed E-state index contributed by atoms with van der Waals surface area (Å²) in [7, 11) is 0. The molecular formula is C15H27N3O. The Morgan fingerprint density at radius 3 is 2.89 bits per heavy atom. The van der Waals surface area contributed by atoms with E-state index in [1.807, 2.05) is 13.1 Å². The highest BCUT2D eigenvalue weighted by molar-refractivity contribution is 4.99. The van der Waals surface area contributed by atoms with Gasteiger partial charge in [0.15, 0.2) is 0 Å². The molecule has 19 heavy (non-hydrogen) atoms. The standard InChI is InChI=1S/C15H27N3O/c1-5-7-13-10-18(14(6-2)9-16-13)12(4)15-17-8-11(3)19-15/h8,12-14,16H,5-7,9-10H2,1-4H3. The Morgan fingerprint density at radius 1 is 1.53 bits per heavy atom. The van der Waals surface area contributed by atoms with Crippen LogP contribution in [0.4, 0.5) is 0 Å². The second kappa shape index (κ2) is 6.53. The van der Waals surface area contributed by atoms with Gasteiger partial charge in [0.1, 0.15) is 5.76 Å². The summed E-state index contributed by atoms with van der Waals surface area (Å²) in [4.78, 5) is 6.96. The predicted molar refractivity (Wildman–Crippen MR) is 77.1 cm³/mol. The molecule has 1 aromatic heterocycles. The van der Waals surface area contributed by atoms with Gasteiger partial charge in [-0.15, -0.1) is 0 Å². The first-order valence-corrected chi connectivity index (χ1v) is 7.57. The summed E-state index contributed by atoms with van der Waals surface area (Å²) in [6.07, 6.45) is 5.45. The quantitative estimate of drug-likeness (QED) is 0.889. The van der Waals surface area contributed by atoms with Gasteiger partial charge < -0.3 is 9.73 Å². The second-order valence-electron chi connectivity index (χ2n) is 5.64. The van der Waals surface area contributed by atoms with E-state index in [4.69, 9.17) is 4.42 Å². The van der Waals surface area contributed by atoms with Gasteiger partial charge in [-0.05, 0) is 26.7 Å². The molecule has 1 aromatic rings. The van der Waals surface area contributed by atoms with E-state index in [2.05, 4.69) is 36.0 Å². The van der Waals surface area contributed by atoms with Gasteiger partial charge in [-0.1, -0.05) is 20.3 Å². The minimum atomic E-state index is 0.264. The monoisotopic (exact) mass is 265 g/mol. The van der Waals surface area contributed by atoms with Crippen LogP contribution in [0.5, 0.6) is 0 Å². The van der Waals surface area contributed by atoms with Crippen molar-refractivity contribution in [3.05, 3.63) is 17.8 Å². The lowest BCUT2D eigenvalue weighted by atomic mass is 10.0. The molecule has 0 spiro atoms. The molecule has 0 saturated carbocycles. The van der Waals surface area contributed by atoms with E-state index in [9.17, 15) is 0 Å². The van der Waals surface area contributed by atoms with Crippen molar-refractivity contribution in [2.45, 2.75) is 65.1 Å². The molecule has 2 heterocycles.